The number of aliphatic hydroxyl groups excluding tert-OH is 1. The highest BCUT2D eigenvalue weighted by atomic mass is 16.3. The minimum Gasteiger partial charge on any atom is -0.392 e. The Labute approximate surface area is 91.9 Å². The summed E-state index contributed by atoms with van der Waals surface area (Å²) in [7, 11) is 3.57. The highest BCUT2D eigenvalue weighted by molar-refractivity contribution is 5.75. The Morgan fingerprint density at radius 2 is 2.27 bits per heavy atom. The lowest BCUT2D eigenvalue weighted by Crippen LogP contribution is -2.39. The van der Waals surface area contributed by atoms with E-state index in [1.54, 1.807) is 19.0 Å². The normalized spacial score (nSPS) is 22.7. The summed E-state index contributed by atoms with van der Waals surface area (Å²) >= 11 is 0. The van der Waals surface area contributed by atoms with Gasteiger partial charge in [0.2, 0.25) is 5.91 Å². The van der Waals surface area contributed by atoms with Crippen LogP contribution in [0.4, 0.5) is 0 Å². The van der Waals surface area contributed by atoms with Gasteiger partial charge in [-0.05, 0) is 32.4 Å². The van der Waals surface area contributed by atoms with Gasteiger partial charge in [-0.1, -0.05) is 0 Å². The highest BCUT2D eigenvalue weighted by Gasteiger charge is 2.17. The first-order chi connectivity index (χ1) is 7.09. The van der Waals surface area contributed by atoms with Crippen molar-refractivity contribution in [3.63, 3.8) is 0 Å². The van der Waals surface area contributed by atoms with E-state index in [1.807, 2.05) is 0 Å². The lowest BCUT2D eigenvalue weighted by Gasteiger charge is -2.29. The predicted molar refractivity (Wildman–Crippen MR) is 59.6 cm³/mol. The Morgan fingerprint density at radius 3 is 2.87 bits per heavy atom. The predicted octanol–water partition coefficient (Wildman–Crippen LogP) is 0.311. The van der Waals surface area contributed by atoms with Gasteiger partial charge in [-0.2, -0.15) is 0 Å². The summed E-state index contributed by atoms with van der Waals surface area (Å²) in [6.45, 7) is 2.76. The number of hydrogen-bond acceptors (Lipinski definition) is 3. The number of likely N-dealkylation sites (tertiary alicyclic amines) is 1. The molecule has 0 spiro atoms. The summed E-state index contributed by atoms with van der Waals surface area (Å²) < 4.78 is 0. The van der Waals surface area contributed by atoms with Crippen molar-refractivity contribution in [1.82, 2.24) is 9.80 Å². The second-order valence-corrected chi connectivity index (χ2v) is 4.49. The molecule has 15 heavy (non-hydrogen) atoms. The fraction of sp³-hybridized carbons (Fsp3) is 0.909. The van der Waals surface area contributed by atoms with Crippen molar-refractivity contribution in [2.24, 2.45) is 0 Å². The highest BCUT2D eigenvalue weighted by Crippen LogP contribution is 2.10. The minimum absolute atomic E-state index is 0.164. The Morgan fingerprint density at radius 1 is 1.53 bits per heavy atom. The maximum absolute atomic E-state index is 11.3. The summed E-state index contributed by atoms with van der Waals surface area (Å²) in [4.78, 5) is 15.2. The van der Waals surface area contributed by atoms with Crippen LogP contribution in [0.25, 0.3) is 0 Å². The molecule has 0 aliphatic carbocycles. The van der Waals surface area contributed by atoms with Crippen LogP contribution >= 0.6 is 0 Å². The molecule has 1 heterocycles. The third kappa shape index (κ3) is 4.62. The molecular formula is C11H22N2O2. The number of aliphatic hydroxyl groups is 1. The maximum Gasteiger partial charge on any atom is 0.222 e. The number of amides is 1. The molecule has 0 radical (unpaired) electrons. The van der Waals surface area contributed by atoms with Crippen molar-refractivity contribution in [3.05, 3.63) is 0 Å². The van der Waals surface area contributed by atoms with Crippen LogP contribution in [0.3, 0.4) is 0 Å². The third-order valence-corrected chi connectivity index (χ3v) is 2.84. The molecule has 1 amide bonds. The number of piperidine rings is 1. The van der Waals surface area contributed by atoms with Crippen LogP contribution in [0.15, 0.2) is 0 Å². The van der Waals surface area contributed by atoms with Gasteiger partial charge in [0.25, 0.3) is 0 Å². The number of carbonyl (C=O) groups is 1. The van der Waals surface area contributed by atoms with Crippen molar-refractivity contribution < 1.29 is 9.90 Å². The summed E-state index contributed by atoms with van der Waals surface area (Å²) in [5.41, 5.74) is 0. The summed E-state index contributed by atoms with van der Waals surface area (Å²) in [5.74, 6) is 0.188. The fourth-order valence-corrected chi connectivity index (χ4v) is 1.91. The number of rotatable bonds is 4. The van der Waals surface area contributed by atoms with Crippen molar-refractivity contribution in [2.75, 3.05) is 33.7 Å². The lowest BCUT2D eigenvalue weighted by atomic mass is 10.1. The largest absolute Gasteiger partial charge is 0.392 e. The number of β-amino-alcohol motifs (C(OH)–C–C–N with tert-alkyl or cyclic N) is 1. The molecule has 1 aliphatic rings. The van der Waals surface area contributed by atoms with Gasteiger partial charge in [-0.15, -0.1) is 0 Å². The van der Waals surface area contributed by atoms with E-state index in [0.29, 0.717) is 6.42 Å². The van der Waals surface area contributed by atoms with Crippen LogP contribution < -0.4 is 0 Å². The van der Waals surface area contributed by atoms with Crippen molar-refractivity contribution in [1.29, 1.82) is 0 Å². The zero-order valence-corrected chi connectivity index (χ0v) is 9.78. The van der Waals surface area contributed by atoms with E-state index in [-0.39, 0.29) is 12.0 Å². The zero-order chi connectivity index (χ0) is 11.3. The van der Waals surface area contributed by atoms with Crippen LogP contribution in [0.1, 0.15) is 25.7 Å². The van der Waals surface area contributed by atoms with E-state index in [0.717, 1.165) is 38.9 Å². The molecular weight excluding hydrogens is 192 g/mol. The average Bonchev–Trinajstić information content (AvgIpc) is 2.17. The Kier molecular flexibility index (Phi) is 5.05. The number of hydrogen-bond donors (Lipinski definition) is 1. The Hall–Kier alpha value is -0.610. The lowest BCUT2D eigenvalue weighted by molar-refractivity contribution is -0.128. The Balaban J connectivity index is 2.11. The second-order valence-electron chi connectivity index (χ2n) is 4.49. The van der Waals surface area contributed by atoms with Gasteiger partial charge in [0, 0.05) is 27.1 Å². The van der Waals surface area contributed by atoms with Crippen molar-refractivity contribution in [3.8, 4) is 0 Å². The molecule has 0 aromatic rings. The van der Waals surface area contributed by atoms with E-state index < -0.39 is 0 Å². The maximum atomic E-state index is 11.3. The molecule has 0 aromatic heterocycles. The average molecular weight is 214 g/mol. The van der Waals surface area contributed by atoms with Gasteiger partial charge in [-0.25, -0.2) is 0 Å². The van der Waals surface area contributed by atoms with Crippen LogP contribution in [0.5, 0.6) is 0 Å². The van der Waals surface area contributed by atoms with E-state index >= 15 is 0 Å². The van der Waals surface area contributed by atoms with E-state index in [2.05, 4.69) is 4.90 Å². The van der Waals surface area contributed by atoms with Crippen LogP contribution in [-0.2, 0) is 4.79 Å². The summed E-state index contributed by atoms with van der Waals surface area (Å²) in [6.07, 6.45) is 3.34. The zero-order valence-electron chi connectivity index (χ0n) is 9.78. The molecule has 1 rings (SSSR count). The summed E-state index contributed by atoms with van der Waals surface area (Å²) in [5, 5.41) is 9.46. The summed E-state index contributed by atoms with van der Waals surface area (Å²) in [6, 6.07) is 0. The molecule has 4 heteroatoms. The molecule has 88 valence electrons. The van der Waals surface area contributed by atoms with E-state index in [9.17, 15) is 9.90 Å². The van der Waals surface area contributed by atoms with Gasteiger partial charge in [0.1, 0.15) is 0 Å². The molecule has 1 aliphatic heterocycles. The molecule has 1 unspecified atom stereocenters. The fourth-order valence-electron chi connectivity index (χ4n) is 1.91. The molecule has 1 N–H and O–H groups in total. The first-order valence-electron chi connectivity index (χ1n) is 5.70. The van der Waals surface area contributed by atoms with Gasteiger partial charge in [-0.3, -0.25) is 4.79 Å². The van der Waals surface area contributed by atoms with Crippen LogP contribution in [-0.4, -0.2) is 60.6 Å². The monoisotopic (exact) mass is 214 g/mol. The SMILES string of the molecule is CN(C)C(=O)CCCN1CCCC(O)C1. The molecule has 1 atom stereocenters. The van der Waals surface area contributed by atoms with Gasteiger partial charge in [0.05, 0.1) is 6.10 Å². The Bertz CT molecular complexity index is 207. The van der Waals surface area contributed by atoms with Gasteiger partial charge >= 0.3 is 0 Å². The smallest absolute Gasteiger partial charge is 0.222 e. The molecule has 1 saturated heterocycles. The van der Waals surface area contributed by atoms with E-state index in [1.165, 1.54) is 0 Å². The number of nitrogens with zero attached hydrogens (tertiary/aromatic N) is 2. The second kappa shape index (κ2) is 6.08. The van der Waals surface area contributed by atoms with Crippen LogP contribution in [0.2, 0.25) is 0 Å². The standard InChI is InChI=1S/C11H22N2O2/c1-12(2)11(15)6-4-8-13-7-3-5-10(14)9-13/h10,14H,3-9H2,1-2H3. The molecule has 0 aromatic carbocycles. The van der Waals surface area contributed by atoms with Crippen molar-refractivity contribution >= 4 is 5.91 Å². The third-order valence-electron chi connectivity index (χ3n) is 2.84. The minimum atomic E-state index is -0.164. The topological polar surface area (TPSA) is 43.8 Å². The molecule has 0 bridgehead atoms. The molecule has 4 nitrogen and oxygen atoms in total. The first kappa shape index (κ1) is 12.5. The van der Waals surface area contributed by atoms with E-state index in [4.69, 9.17) is 0 Å². The van der Waals surface area contributed by atoms with Gasteiger partial charge in [0.15, 0.2) is 0 Å². The van der Waals surface area contributed by atoms with Crippen molar-refractivity contribution in [2.45, 2.75) is 31.8 Å². The van der Waals surface area contributed by atoms with Crippen LogP contribution in [0, 0.1) is 0 Å². The molecule has 1 fully saturated rings. The molecule has 0 saturated carbocycles. The first-order valence-corrected chi connectivity index (χ1v) is 5.70. The number of carbonyl (C=O) groups excluding carboxylic acids is 1. The quantitative estimate of drug-likeness (QED) is 0.732. The van der Waals surface area contributed by atoms with Gasteiger partial charge < -0.3 is 14.9 Å².